The monoisotopic (exact) mass is 272 g/mol. The number of aromatic nitrogens is 2. The minimum Gasteiger partial charge on any atom is -0.380 e. The van der Waals surface area contributed by atoms with Gasteiger partial charge in [0.15, 0.2) is 0 Å². The summed E-state index contributed by atoms with van der Waals surface area (Å²) in [6.07, 6.45) is 1.80. The molecular formula is C15H20N4O. The number of likely N-dealkylation sites (N-methyl/N-ethyl adjacent to an activating group) is 1. The van der Waals surface area contributed by atoms with Crippen LogP contribution in [0.5, 0.6) is 0 Å². The SMILES string of the molecule is CN1CCOCC(CNc2cnc3ccccc3n2)C1. The van der Waals surface area contributed by atoms with E-state index in [-0.39, 0.29) is 0 Å². The maximum atomic E-state index is 5.62. The van der Waals surface area contributed by atoms with Crippen molar-refractivity contribution in [3.63, 3.8) is 0 Å². The van der Waals surface area contributed by atoms with Crippen LogP contribution < -0.4 is 5.32 Å². The summed E-state index contributed by atoms with van der Waals surface area (Å²) < 4.78 is 5.62. The highest BCUT2D eigenvalue weighted by molar-refractivity contribution is 5.75. The minimum absolute atomic E-state index is 0.482. The van der Waals surface area contributed by atoms with Gasteiger partial charge in [-0.2, -0.15) is 0 Å². The van der Waals surface area contributed by atoms with Gasteiger partial charge < -0.3 is 15.0 Å². The van der Waals surface area contributed by atoms with Gasteiger partial charge in [0.2, 0.25) is 0 Å². The highest BCUT2D eigenvalue weighted by Crippen LogP contribution is 2.12. The molecule has 20 heavy (non-hydrogen) atoms. The molecule has 1 aliphatic rings. The Labute approximate surface area is 119 Å². The van der Waals surface area contributed by atoms with Gasteiger partial charge in [-0.05, 0) is 19.2 Å². The van der Waals surface area contributed by atoms with Crippen molar-refractivity contribution in [2.75, 3.05) is 45.2 Å². The summed E-state index contributed by atoms with van der Waals surface area (Å²) in [5, 5.41) is 3.37. The number of fused-ring (bicyclic) bond motifs is 1. The Bertz CT molecular complexity index is 575. The molecule has 0 bridgehead atoms. The maximum absolute atomic E-state index is 5.62. The maximum Gasteiger partial charge on any atom is 0.145 e. The highest BCUT2D eigenvalue weighted by Gasteiger charge is 2.16. The fourth-order valence-electron chi connectivity index (χ4n) is 2.47. The van der Waals surface area contributed by atoms with E-state index in [9.17, 15) is 0 Å². The lowest BCUT2D eigenvalue weighted by Crippen LogP contribution is -2.30. The molecule has 1 unspecified atom stereocenters. The lowest BCUT2D eigenvalue weighted by molar-refractivity contribution is 0.125. The van der Waals surface area contributed by atoms with Crippen molar-refractivity contribution in [3.8, 4) is 0 Å². The molecule has 2 heterocycles. The molecule has 106 valence electrons. The smallest absolute Gasteiger partial charge is 0.145 e. The number of para-hydroxylation sites is 2. The van der Waals surface area contributed by atoms with Crippen LogP contribution in [0.25, 0.3) is 11.0 Å². The molecule has 1 aromatic heterocycles. The summed E-state index contributed by atoms with van der Waals surface area (Å²) in [5.41, 5.74) is 1.85. The summed E-state index contributed by atoms with van der Waals surface area (Å²) in [5.74, 6) is 1.31. The molecule has 0 aliphatic carbocycles. The second kappa shape index (κ2) is 6.15. The fraction of sp³-hybridized carbons (Fsp3) is 0.467. The third kappa shape index (κ3) is 3.23. The van der Waals surface area contributed by atoms with E-state index < -0.39 is 0 Å². The number of rotatable bonds is 3. The van der Waals surface area contributed by atoms with Crippen LogP contribution in [0.2, 0.25) is 0 Å². The Balaban J connectivity index is 1.64. The first-order valence-corrected chi connectivity index (χ1v) is 7.03. The van der Waals surface area contributed by atoms with Crippen LogP contribution in [-0.2, 0) is 4.74 Å². The van der Waals surface area contributed by atoms with Crippen LogP contribution in [0, 0.1) is 5.92 Å². The number of nitrogens with zero attached hydrogens (tertiary/aromatic N) is 3. The van der Waals surface area contributed by atoms with E-state index in [1.54, 1.807) is 6.20 Å². The lowest BCUT2D eigenvalue weighted by atomic mass is 10.1. The first-order chi connectivity index (χ1) is 9.81. The van der Waals surface area contributed by atoms with Crippen molar-refractivity contribution in [3.05, 3.63) is 30.5 Å². The van der Waals surface area contributed by atoms with Gasteiger partial charge in [-0.15, -0.1) is 0 Å². The summed E-state index contributed by atoms with van der Waals surface area (Å²) in [6, 6.07) is 7.91. The van der Waals surface area contributed by atoms with Crippen LogP contribution in [0.15, 0.2) is 30.5 Å². The number of anilines is 1. The van der Waals surface area contributed by atoms with Crippen LogP contribution in [0.1, 0.15) is 0 Å². The van der Waals surface area contributed by atoms with E-state index in [4.69, 9.17) is 4.74 Å². The van der Waals surface area contributed by atoms with Crippen LogP contribution in [0.4, 0.5) is 5.82 Å². The molecule has 3 rings (SSSR count). The molecule has 0 spiro atoms. The van der Waals surface area contributed by atoms with E-state index in [0.717, 1.165) is 49.7 Å². The average Bonchev–Trinajstić information content (AvgIpc) is 2.69. The van der Waals surface area contributed by atoms with E-state index in [2.05, 4.69) is 27.2 Å². The Morgan fingerprint density at radius 1 is 1.35 bits per heavy atom. The van der Waals surface area contributed by atoms with Crippen LogP contribution >= 0.6 is 0 Å². The Morgan fingerprint density at radius 2 is 2.20 bits per heavy atom. The predicted octanol–water partition coefficient (Wildman–Crippen LogP) is 1.62. The first kappa shape index (κ1) is 13.3. The predicted molar refractivity (Wildman–Crippen MR) is 79.8 cm³/mol. The van der Waals surface area contributed by atoms with Crippen molar-refractivity contribution >= 4 is 16.9 Å². The molecule has 1 N–H and O–H groups in total. The molecule has 1 aromatic carbocycles. The molecule has 1 fully saturated rings. The summed E-state index contributed by atoms with van der Waals surface area (Å²) in [4.78, 5) is 11.3. The zero-order chi connectivity index (χ0) is 13.8. The molecule has 2 aromatic rings. The zero-order valence-corrected chi connectivity index (χ0v) is 11.7. The Hall–Kier alpha value is -1.72. The molecule has 5 nitrogen and oxygen atoms in total. The summed E-state index contributed by atoms with van der Waals surface area (Å²) in [7, 11) is 2.14. The minimum atomic E-state index is 0.482. The van der Waals surface area contributed by atoms with Gasteiger partial charge in [0.1, 0.15) is 5.82 Å². The summed E-state index contributed by atoms with van der Waals surface area (Å²) >= 11 is 0. The van der Waals surface area contributed by atoms with Gasteiger partial charge >= 0.3 is 0 Å². The van der Waals surface area contributed by atoms with Crippen molar-refractivity contribution in [2.45, 2.75) is 0 Å². The van der Waals surface area contributed by atoms with E-state index >= 15 is 0 Å². The van der Waals surface area contributed by atoms with Crippen molar-refractivity contribution in [1.82, 2.24) is 14.9 Å². The van der Waals surface area contributed by atoms with Gasteiger partial charge in [0.05, 0.1) is 30.4 Å². The molecule has 1 saturated heterocycles. The number of hydrogen-bond donors (Lipinski definition) is 1. The van der Waals surface area contributed by atoms with Crippen LogP contribution in [0.3, 0.4) is 0 Å². The van der Waals surface area contributed by atoms with Gasteiger partial charge in [0.25, 0.3) is 0 Å². The van der Waals surface area contributed by atoms with Gasteiger partial charge in [-0.3, -0.25) is 4.98 Å². The zero-order valence-electron chi connectivity index (χ0n) is 11.7. The van der Waals surface area contributed by atoms with E-state index in [1.807, 2.05) is 24.3 Å². The third-order valence-electron chi connectivity index (χ3n) is 3.56. The van der Waals surface area contributed by atoms with Crippen molar-refractivity contribution < 1.29 is 4.74 Å². The standard InChI is InChI=1S/C15H20N4O/c1-19-6-7-20-11-12(10-19)8-17-15-9-16-13-4-2-3-5-14(13)18-15/h2-5,9,12H,6-8,10-11H2,1H3,(H,17,18). The molecule has 0 radical (unpaired) electrons. The number of nitrogens with one attached hydrogen (secondary N) is 1. The summed E-state index contributed by atoms with van der Waals surface area (Å²) in [6.45, 7) is 4.54. The fourth-order valence-corrected chi connectivity index (χ4v) is 2.47. The number of ether oxygens (including phenoxy) is 1. The van der Waals surface area contributed by atoms with E-state index in [1.165, 1.54) is 0 Å². The molecular weight excluding hydrogens is 252 g/mol. The molecule has 5 heteroatoms. The molecule has 0 amide bonds. The van der Waals surface area contributed by atoms with Crippen molar-refractivity contribution in [1.29, 1.82) is 0 Å². The van der Waals surface area contributed by atoms with Gasteiger partial charge in [-0.1, -0.05) is 12.1 Å². The largest absolute Gasteiger partial charge is 0.380 e. The van der Waals surface area contributed by atoms with E-state index in [0.29, 0.717) is 5.92 Å². The Kier molecular flexibility index (Phi) is 4.08. The second-order valence-corrected chi connectivity index (χ2v) is 5.33. The van der Waals surface area contributed by atoms with Gasteiger partial charge in [0, 0.05) is 25.6 Å². The topological polar surface area (TPSA) is 50.3 Å². The lowest BCUT2D eigenvalue weighted by Gasteiger charge is -2.19. The normalized spacial score (nSPS) is 20.8. The molecule has 1 aliphatic heterocycles. The number of benzene rings is 1. The van der Waals surface area contributed by atoms with Crippen LogP contribution in [-0.4, -0.2) is 54.8 Å². The quantitative estimate of drug-likeness (QED) is 0.920. The number of hydrogen-bond acceptors (Lipinski definition) is 5. The van der Waals surface area contributed by atoms with Gasteiger partial charge in [-0.25, -0.2) is 4.98 Å². The third-order valence-corrected chi connectivity index (χ3v) is 3.56. The average molecular weight is 272 g/mol. The Morgan fingerprint density at radius 3 is 3.10 bits per heavy atom. The van der Waals surface area contributed by atoms with Crippen molar-refractivity contribution in [2.24, 2.45) is 5.92 Å². The first-order valence-electron chi connectivity index (χ1n) is 7.03. The highest BCUT2D eigenvalue weighted by atomic mass is 16.5. The second-order valence-electron chi connectivity index (χ2n) is 5.33. The molecule has 0 saturated carbocycles. The molecule has 1 atom stereocenters.